The molecular formula is C16H21N3O2. The number of benzene rings is 1. The minimum atomic E-state index is 0.153. The quantitative estimate of drug-likeness (QED) is 0.728. The summed E-state index contributed by atoms with van der Waals surface area (Å²) in [6, 6.07) is 11.5. The van der Waals surface area contributed by atoms with Gasteiger partial charge in [-0.25, -0.2) is 0 Å². The summed E-state index contributed by atoms with van der Waals surface area (Å²) in [5.74, 6) is 0.173. The van der Waals surface area contributed by atoms with Crippen LogP contribution in [0.2, 0.25) is 0 Å². The minimum Gasteiger partial charge on any atom is -0.506 e. The Morgan fingerprint density at radius 2 is 1.90 bits per heavy atom. The number of hydrogen-bond donors (Lipinski definition) is 3. The maximum atomic E-state index is 9.19. The van der Waals surface area contributed by atoms with Crippen LogP contribution >= 0.6 is 0 Å². The molecule has 2 rings (SSSR count). The molecule has 0 bridgehead atoms. The van der Waals surface area contributed by atoms with E-state index >= 15 is 0 Å². The second-order valence-corrected chi connectivity index (χ2v) is 4.71. The molecule has 1 aromatic heterocycles. The molecule has 0 fully saturated rings. The van der Waals surface area contributed by atoms with Crippen LogP contribution in [0.5, 0.6) is 5.75 Å². The van der Waals surface area contributed by atoms with Gasteiger partial charge < -0.3 is 20.4 Å². The summed E-state index contributed by atoms with van der Waals surface area (Å²) >= 11 is 0. The Bertz CT molecular complexity index is 540. The van der Waals surface area contributed by atoms with E-state index in [0.717, 1.165) is 23.6 Å². The van der Waals surface area contributed by atoms with E-state index in [1.165, 1.54) is 6.20 Å². The molecule has 112 valence electrons. The molecule has 5 heteroatoms. The predicted molar refractivity (Wildman–Crippen MR) is 84.6 cm³/mol. The number of nitrogens with one attached hydrogen (secondary N) is 1. The number of aliphatic hydroxyl groups excluding tert-OH is 1. The highest BCUT2D eigenvalue weighted by atomic mass is 16.3. The van der Waals surface area contributed by atoms with Gasteiger partial charge in [-0.1, -0.05) is 0 Å². The molecule has 0 unspecified atom stereocenters. The van der Waals surface area contributed by atoms with Crippen LogP contribution in [0.25, 0.3) is 0 Å². The molecule has 0 saturated carbocycles. The van der Waals surface area contributed by atoms with E-state index in [4.69, 9.17) is 5.11 Å². The zero-order chi connectivity index (χ0) is 15.1. The Labute approximate surface area is 124 Å². The first-order valence-electron chi connectivity index (χ1n) is 7.06. The summed E-state index contributed by atoms with van der Waals surface area (Å²) in [5, 5.41) is 21.5. The van der Waals surface area contributed by atoms with Crippen LogP contribution in [0.3, 0.4) is 0 Å². The van der Waals surface area contributed by atoms with Crippen LogP contribution in [0.15, 0.2) is 42.6 Å². The average Bonchev–Trinajstić information content (AvgIpc) is 2.53. The Morgan fingerprint density at radius 3 is 2.48 bits per heavy atom. The molecule has 0 amide bonds. The monoisotopic (exact) mass is 287 g/mol. The standard InChI is InChI=1S/C16H21N3O2/c1-2-19(9-10-20)15-6-3-13(4-7-15)17-11-14-5-8-16(21)12-18-14/h3-8,12,17,20-21H,2,9-11H2,1H3. The molecule has 3 N–H and O–H groups in total. The van der Waals surface area contributed by atoms with Gasteiger partial charge in [0.15, 0.2) is 0 Å². The number of anilines is 2. The zero-order valence-corrected chi connectivity index (χ0v) is 12.2. The van der Waals surface area contributed by atoms with Gasteiger partial charge in [0, 0.05) is 24.5 Å². The number of nitrogens with zero attached hydrogens (tertiary/aromatic N) is 2. The van der Waals surface area contributed by atoms with E-state index in [2.05, 4.69) is 22.1 Å². The highest BCUT2D eigenvalue weighted by Gasteiger charge is 2.03. The summed E-state index contributed by atoms with van der Waals surface area (Å²) in [6.07, 6.45) is 1.44. The van der Waals surface area contributed by atoms with Crippen molar-refractivity contribution in [1.82, 2.24) is 4.98 Å². The number of hydrogen-bond acceptors (Lipinski definition) is 5. The molecule has 21 heavy (non-hydrogen) atoms. The van der Waals surface area contributed by atoms with Crippen molar-refractivity contribution in [2.45, 2.75) is 13.5 Å². The van der Waals surface area contributed by atoms with Crippen molar-refractivity contribution in [3.05, 3.63) is 48.3 Å². The largest absolute Gasteiger partial charge is 0.506 e. The van der Waals surface area contributed by atoms with Gasteiger partial charge in [-0.05, 0) is 43.3 Å². The van der Waals surface area contributed by atoms with Gasteiger partial charge >= 0.3 is 0 Å². The first-order chi connectivity index (χ1) is 10.2. The summed E-state index contributed by atoms with van der Waals surface area (Å²) in [4.78, 5) is 6.24. The van der Waals surface area contributed by atoms with Crippen LogP contribution < -0.4 is 10.2 Å². The number of likely N-dealkylation sites (N-methyl/N-ethyl adjacent to an activating group) is 1. The van der Waals surface area contributed by atoms with Crippen LogP contribution in [0, 0.1) is 0 Å². The Kier molecular flexibility index (Phi) is 5.40. The van der Waals surface area contributed by atoms with Crippen molar-refractivity contribution < 1.29 is 10.2 Å². The van der Waals surface area contributed by atoms with Crippen molar-refractivity contribution in [2.24, 2.45) is 0 Å². The number of aromatic nitrogens is 1. The van der Waals surface area contributed by atoms with E-state index in [1.807, 2.05) is 24.3 Å². The van der Waals surface area contributed by atoms with Crippen molar-refractivity contribution in [3.63, 3.8) is 0 Å². The van der Waals surface area contributed by atoms with Gasteiger partial charge in [0.05, 0.1) is 25.0 Å². The predicted octanol–water partition coefficient (Wildman–Crippen LogP) is 2.22. The first-order valence-corrected chi connectivity index (χ1v) is 7.06. The maximum Gasteiger partial charge on any atom is 0.133 e. The maximum absolute atomic E-state index is 9.19. The molecule has 0 spiro atoms. The molecule has 2 aromatic rings. The van der Waals surface area contributed by atoms with E-state index in [-0.39, 0.29) is 12.4 Å². The van der Waals surface area contributed by atoms with Crippen molar-refractivity contribution in [2.75, 3.05) is 29.9 Å². The summed E-state index contributed by atoms with van der Waals surface area (Å²) in [5.41, 5.74) is 2.97. The Balaban J connectivity index is 1.94. The van der Waals surface area contributed by atoms with Crippen molar-refractivity contribution >= 4 is 11.4 Å². The van der Waals surface area contributed by atoms with Gasteiger partial charge in [0.2, 0.25) is 0 Å². The van der Waals surface area contributed by atoms with Crippen LogP contribution in [0.4, 0.5) is 11.4 Å². The molecule has 0 aliphatic carbocycles. The van der Waals surface area contributed by atoms with E-state index < -0.39 is 0 Å². The molecule has 0 saturated heterocycles. The van der Waals surface area contributed by atoms with Crippen LogP contribution in [0.1, 0.15) is 12.6 Å². The van der Waals surface area contributed by atoms with Crippen LogP contribution in [-0.2, 0) is 6.54 Å². The normalized spacial score (nSPS) is 10.4. The van der Waals surface area contributed by atoms with Crippen molar-refractivity contribution in [1.29, 1.82) is 0 Å². The highest BCUT2D eigenvalue weighted by molar-refractivity contribution is 5.55. The fraction of sp³-hybridized carbons (Fsp3) is 0.312. The third-order valence-corrected chi connectivity index (χ3v) is 3.27. The van der Waals surface area contributed by atoms with Crippen LogP contribution in [-0.4, -0.2) is 34.9 Å². The third-order valence-electron chi connectivity index (χ3n) is 3.27. The molecule has 0 atom stereocenters. The van der Waals surface area contributed by atoms with Crippen molar-refractivity contribution in [3.8, 4) is 5.75 Å². The summed E-state index contributed by atoms with van der Waals surface area (Å²) in [6.45, 7) is 4.33. The number of pyridine rings is 1. The van der Waals surface area contributed by atoms with E-state index in [1.54, 1.807) is 12.1 Å². The van der Waals surface area contributed by atoms with Gasteiger partial charge in [-0.2, -0.15) is 0 Å². The zero-order valence-electron chi connectivity index (χ0n) is 12.2. The average molecular weight is 287 g/mol. The fourth-order valence-corrected chi connectivity index (χ4v) is 2.09. The molecule has 1 heterocycles. The highest BCUT2D eigenvalue weighted by Crippen LogP contribution is 2.18. The number of aliphatic hydroxyl groups is 1. The lowest BCUT2D eigenvalue weighted by Gasteiger charge is -2.22. The molecule has 0 radical (unpaired) electrons. The Morgan fingerprint density at radius 1 is 1.14 bits per heavy atom. The lowest BCUT2D eigenvalue weighted by atomic mass is 10.2. The second kappa shape index (κ2) is 7.50. The van der Waals surface area contributed by atoms with Gasteiger partial charge in [-0.15, -0.1) is 0 Å². The van der Waals surface area contributed by atoms with Gasteiger partial charge in [0.1, 0.15) is 5.75 Å². The molecule has 0 aliphatic rings. The minimum absolute atomic E-state index is 0.153. The second-order valence-electron chi connectivity index (χ2n) is 4.71. The fourth-order valence-electron chi connectivity index (χ4n) is 2.09. The summed E-state index contributed by atoms with van der Waals surface area (Å²) < 4.78 is 0. The molecular weight excluding hydrogens is 266 g/mol. The summed E-state index contributed by atoms with van der Waals surface area (Å²) in [7, 11) is 0. The lowest BCUT2D eigenvalue weighted by Crippen LogP contribution is -2.25. The SMILES string of the molecule is CCN(CCO)c1ccc(NCc2ccc(O)cn2)cc1. The first kappa shape index (κ1) is 15.1. The Hall–Kier alpha value is -2.27. The molecule has 5 nitrogen and oxygen atoms in total. The third kappa shape index (κ3) is 4.36. The lowest BCUT2D eigenvalue weighted by molar-refractivity contribution is 0.302. The van der Waals surface area contributed by atoms with E-state index in [9.17, 15) is 5.11 Å². The van der Waals surface area contributed by atoms with E-state index in [0.29, 0.717) is 13.1 Å². The smallest absolute Gasteiger partial charge is 0.133 e. The van der Waals surface area contributed by atoms with Gasteiger partial charge in [0.25, 0.3) is 0 Å². The number of aromatic hydroxyl groups is 1. The molecule has 1 aromatic carbocycles. The topological polar surface area (TPSA) is 68.6 Å². The van der Waals surface area contributed by atoms with Gasteiger partial charge in [-0.3, -0.25) is 4.98 Å². The molecule has 0 aliphatic heterocycles. The number of rotatable bonds is 7.